The van der Waals surface area contributed by atoms with Crippen LogP contribution in [0.4, 0.5) is 0 Å². The van der Waals surface area contributed by atoms with Gasteiger partial charge in [0.15, 0.2) is 58.3 Å². The Morgan fingerprint density at radius 2 is 1.13 bits per heavy atom. The molecule has 0 aromatic heterocycles. The Morgan fingerprint density at radius 1 is 0.609 bits per heavy atom. The van der Waals surface area contributed by atoms with Gasteiger partial charge in [0.25, 0.3) is 0 Å². The van der Waals surface area contributed by atoms with Crippen LogP contribution in [0.15, 0.2) is 48.2 Å². The molecular formula is C56H69N3O10. The summed E-state index contributed by atoms with van der Waals surface area (Å²) in [5.74, 6) is 7.09. The van der Waals surface area contributed by atoms with Crippen molar-refractivity contribution in [3.63, 3.8) is 0 Å². The predicted molar refractivity (Wildman–Crippen MR) is 258 cm³/mol. The van der Waals surface area contributed by atoms with E-state index < -0.39 is 0 Å². The number of Topliss-reactive ketones (excluding diaryl/α,β-unsaturated/α-hetero) is 2. The molecule has 5 aliphatic heterocycles. The summed E-state index contributed by atoms with van der Waals surface area (Å²) in [4.78, 5) is 32.8. The molecule has 3 aromatic carbocycles. The van der Waals surface area contributed by atoms with Gasteiger partial charge in [-0.25, -0.2) is 0 Å². The minimum Gasteiger partial charge on any atom is -0.504 e. The molecule has 13 heteroatoms. The number of rotatable bonds is 5. The molecule has 1 N–H and O–H groups in total. The molecule has 0 radical (unpaired) electrons. The number of carbonyl (C=O) groups excluding carboxylic acids is 2. The van der Waals surface area contributed by atoms with Crippen LogP contribution in [0.5, 0.6) is 34.5 Å². The highest BCUT2D eigenvalue weighted by molar-refractivity contribution is 5.89. The minimum atomic E-state index is -0.313. The predicted octanol–water partition coefficient (Wildman–Crippen LogP) is 6.33. The summed E-state index contributed by atoms with van der Waals surface area (Å²) >= 11 is 0. The van der Waals surface area contributed by atoms with Crippen molar-refractivity contribution < 1.29 is 47.9 Å². The van der Waals surface area contributed by atoms with Crippen LogP contribution in [-0.4, -0.2) is 144 Å². The number of allylic oxidation sites excluding steroid dienone is 1. The van der Waals surface area contributed by atoms with E-state index in [1.54, 1.807) is 35.5 Å². The fourth-order valence-electron chi connectivity index (χ4n) is 16.8. The lowest BCUT2D eigenvalue weighted by Crippen LogP contribution is -2.65. The molecule has 368 valence electrons. The zero-order valence-corrected chi connectivity index (χ0v) is 41.6. The quantitative estimate of drug-likeness (QED) is 0.307. The fraction of sp³-hybridized carbons (Fsp3) is 0.607. The van der Waals surface area contributed by atoms with Gasteiger partial charge in [0.2, 0.25) is 0 Å². The molecule has 6 aliphatic carbocycles. The van der Waals surface area contributed by atoms with Crippen LogP contribution in [0.25, 0.3) is 0 Å². The maximum Gasteiger partial charge on any atom is 0.174 e. The van der Waals surface area contributed by atoms with Crippen LogP contribution in [0.1, 0.15) is 84.7 Å². The fourth-order valence-corrected chi connectivity index (χ4v) is 16.8. The normalized spacial score (nSPS) is 36.8. The molecule has 5 fully saturated rings. The standard InChI is InChI=1S/C19H25NO4.C19H23NO3.C18H21NO3/c1-20-7-6-19-10-14(21)16(24-3)9-12(19)13(20)8-11-4-5-15(23-2)18(22)17(11)19;1-20-9-8-19-12-5-7-15(22-3)18(19)23-17-14(21-2)6-4-11(16(17)19)10-13(12)20;1-19-8-7-18-11-4-5-13(20)17(18)22-16-14(21-2)6-3-10(15(16)18)9-12(11)19/h4-5,12-13,16,22H,6-10H2,1-3H3;4,6-7,12-13,18H,5,8-10H2,1-3H3;3,6,11-12,17H,4-5,7-9H2,1-2H3. The molecule has 11 aliphatic rings. The van der Waals surface area contributed by atoms with Gasteiger partial charge in [0.05, 0.1) is 28.4 Å². The number of fused-ring (bicyclic) bond motifs is 1. The number of likely N-dealkylation sites (N-methyl/N-ethyl adjacent to an activating group) is 3. The topological polar surface area (TPSA) is 129 Å². The first-order valence-corrected chi connectivity index (χ1v) is 25.4. The molecule has 12 atom stereocenters. The Morgan fingerprint density at radius 3 is 1.71 bits per heavy atom. The number of benzene rings is 3. The Kier molecular flexibility index (Phi) is 10.7. The lowest BCUT2D eigenvalue weighted by atomic mass is 9.51. The Hall–Kier alpha value is -4.82. The summed E-state index contributed by atoms with van der Waals surface area (Å²) in [7, 11) is 15.0. The molecule has 0 amide bonds. The average Bonchev–Trinajstić information content (AvgIpc) is 3.90. The summed E-state index contributed by atoms with van der Waals surface area (Å²) in [6.07, 6.45) is 11.7. The SMILES string of the molecule is COC1=CCC2C3Cc4ccc(OC)c5c4C2(CCN3C)C1O5.COc1ccc2c(c1O)C13CCN(C)C(C2)C1CC(OC)C(=O)C3.COc1ccc2c3c1OC1C(=O)CCC4C(C2)N(C)CCC314. The lowest BCUT2D eigenvalue weighted by Gasteiger charge is -2.58. The molecular weight excluding hydrogens is 875 g/mol. The number of hydrogen-bond donors (Lipinski definition) is 1. The molecule has 14 rings (SSSR count). The number of carbonyl (C=O) groups is 2. The largest absolute Gasteiger partial charge is 0.504 e. The number of ketones is 2. The number of piperidine rings is 3. The average molecular weight is 944 g/mol. The first-order chi connectivity index (χ1) is 33.4. The highest BCUT2D eigenvalue weighted by Gasteiger charge is 2.67. The van der Waals surface area contributed by atoms with Crippen molar-refractivity contribution in [2.75, 3.05) is 76.3 Å². The monoisotopic (exact) mass is 943 g/mol. The smallest absolute Gasteiger partial charge is 0.174 e. The third kappa shape index (κ3) is 6.08. The first kappa shape index (κ1) is 45.3. The molecule has 3 saturated heterocycles. The van der Waals surface area contributed by atoms with Gasteiger partial charge in [-0.3, -0.25) is 9.59 Å². The number of ether oxygens (including phenoxy) is 7. The van der Waals surface area contributed by atoms with Crippen LogP contribution < -0.4 is 23.7 Å². The van der Waals surface area contributed by atoms with E-state index >= 15 is 0 Å². The molecule has 3 aromatic rings. The highest BCUT2D eigenvalue weighted by atomic mass is 16.6. The molecule has 69 heavy (non-hydrogen) atoms. The Balaban J connectivity index is 0.000000107. The van der Waals surface area contributed by atoms with Crippen LogP contribution >= 0.6 is 0 Å². The lowest BCUT2D eigenvalue weighted by molar-refractivity contribution is -0.141. The van der Waals surface area contributed by atoms with Crippen molar-refractivity contribution in [2.45, 2.75) is 123 Å². The van der Waals surface area contributed by atoms with Gasteiger partial charge in [-0.05, 0) is 157 Å². The zero-order chi connectivity index (χ0) is 47.9. The molecule has 2 spiro atoms. The number of likely N-dealkylation sites (tertiary alicyclic amines) is 3. The van der Waals surface area contributed by atoms with E-state index in [1.807, 2.05) is 12.1 Å². The van der Waals surface area contributed by atoms with Gasteiger partial charge in [0.1, 0.15) is 11.9 Å². The summed E-state index contributed by atoms with van der Waals surface area (Å²) in [5, 5.41) is 10.9. The van der Waals surface area contributed by atoms with E-state index in [4.69, 9.17) is 33.2 Å². The van der Waals surface area contributed by atoms with Gasteiger partial charge in [-0.2, -0.15) is 0 Å². The van der Waals surface area contributed by atoms with E-state index in [-0.39, 0.29) is 51.9 Å². The molecule has 12 unspecified atom stereocenters. The Labute approximate surface area is 406 Å². The van der Waals surface area contributed by atoms with Crippen LogP contribution in [0.3, 0.4) is 0 Å². The Bertz CT molecular complexity index is 2650. The number of methoxy groups -OCH3 is 5. The summed E-state index contributed by atoms with van der Waals surface area (Å²) in [5.41, 5.74) is 7.32. The van der Waals surface area contributed by atoms with Gasteiger partial charge >= 0.3 is 0 Å². The summed E-state index contributed by atoms with van der Waals surface area (Å²) in [6, 6.07) is 13.9. The van der Waals surface area contributed by atoms with Crippen molar-refractivity contribution in [1.82, 2.24) is 14.7 Å². The van der Waals surface area contributed by atoms with Crippen molar-refractivity contribution in [1.29, 1.82) is 0 Å². The maximum absolute atomic E-state index is 12.7. The molecule has 5 heterocycles. The number of nitrogens with zero attached hydrogens (tertiary/aromatic N) is 3. The number of phenolic OH excluding ortho intramolecular Hbond substituents is 1. The second-order valence-electron chi connectivity index (χ2n) is 22.1. The van der Waals surface area contributed by atoms with Crippen LogP contribution in [0.2, 0.25) is 0 Å². The highest BCUT2D eigenvalue weighted by Crippen LogP contribution is 2.65. The van der Waals surface area contributed by atoms with E-state index in [2.05, 4.69) is 66.2 Å². The second kappa shape index (κ2) is 16.4. The van der Waals surface area contributed by atoms with Crippen LogP contribution in [-0.2, 0) is 54.6 Å². The van der Waals surface area contributed by atoms with Crippen molar-refractivity contribution in [3.8, 4) is 34.5 Å². The minimum absolute atomic E-state index is 0.00722. The van der Waals surface area contributed by atoms with E-state index in [1.165, 1.54) is 22.3 Å². The van der Waals surface area contributed by atoms with E-state index in [9.17, 15) is 14.7 Å². The third-order valence-corrected chi connectivity index (χ3v) is 19.9. The van der Waals surface area contributed by atoms with Crippen LogP contribution in [0, 0.1) is 17.8 Å². The number of hydrogen-bond acceptors (Lipinski definition) is 13. The van der Waals surface area contributed by atoms with Crippen molar-refractivity contribution >= 4 is 11.6 Å². The molecule has 6 bridgehead atoms. The van der Waals surface area contributed by atoms with Gasteiger partial charge in [-0.1, -0.05) is 18.2 Å². The summed E-state index contributed by atoms with van der Waals surface area (Å²) in [6.45, 7) is 3.11. The number of aromatic hydroxyl groups is 1. The maximum atomic E-state index is 12.7. The summed E-state index contributed by atoms with van der Waals surface area (Å²) < 4.78 is 40.4. The van der Waals surface area contributed by atoms with Crippen molar-refractivity contribution in [3.05, 3.63) is 81.6 Å². The van der Waals surface area contributed by atoms with E-state index in [0.29, 0.717) is 54.5 Å². The van der Waals surface area contributed by atoms with E-state index in [0.717, 1.165) is 117 Å². The second-order valence-corrected chi connectivity index (χ2v) is 22.1. The molecule has 2 saturated carbocycles. The third-order valence-electron chi connectivity index (χ3n) is 19.9. The van der Waals surface area contributed by atoms with Gasteiger partial charge in [-0.15, -0.1) is 0 Å². The van der Waals surface area contributed by atoms with Gasteiger partial charge < -0.3 is 53.0 Å². The van der Waals surface area contributed by atoms with Gasteiger partial charge in [0, 0.05) is 71.0 Å². The first-order valence-electron chi connectivity index (χ1n) is 25.4. The molecule has 13 nitrogen and oxygen atoms in total. The van der Waals surface area contributed by atoms with Crippen molar-refractivity contribution in [2.24, 2.45) is 17.8 Å². The zero-order valence-electron chi connectivity index (χ0n) is 41.6. The number of phenols is 1.